The molecular formula is C22H23NO5. The number of hydrogen-bond acceptors (Lipinski definition) is 5. The number of aryl methyl sites for hydroxylation is 1. The zero-order valence-corrected chi connectivity index (χ0v) is 15.8. The Kier molecular flexibility index (Phi) is 6.68. The molecule has 1 amide bonds. The van der Waals surface area contributed by atoms with E-state index < -0.39 is 5.97 Å². The minimum absolute atomic E-state index is 0.307. The molecule has 6 nitrogen and oxygen atoms in total. The lowest BCUT2D eigenvalue weighted by molar-refractivity contribution is -0.143. The molecule has 146 valence electrons. The molecule has 1 N–H and O–H groups in total. The molecule has 0 aromatic heterocycles. The number of amides is 1. The summed E-state index contributed by atoms with van der Waals surface area (Å²) in [5, 5.41) is 2.73. The molecule has 0 saturated carbocycles. The molecule has 0 bridgehead atoms. The molecule has 1 heterocycles. The molecule has 0 spiro atoms. The van der Waals surface area contributed by atoms with E-state index in [9.17, 15) is 9.59 Å². The summed E-state index contributed by atoms with van der Waals surface area (Å²) < 4.78 is 16.0. The molecule has 0 saturated heterocycles. The predicted octanol–water partition coefficient (Wildman–Crippen LogP) is 2.68. The van der Waals surface area contributed by atoms with Crippen molar-refractivity contribution in [2.75, 3.05) is 26.4 Å². The Morgan fingerprint density at radius 2 is 1.82 bits per heavy atom. The van der Waals surface area contributed by atoms with Crippen LogP contribution in [0.4, 0.5) is 0 Å². The second-order valence-electron chi connectivity index (χ2n) is 6.43. The lowest BCUT2D eigenvalue weighted by Crippen LogP contribution is -2.30. The summed E-state index contributed by atoms with van der Waals surface area (Å²) >= 11 is 0. The first-order valence-corrected chi connectivity index (χ1v) is 9.17. The third kappa shape index (κ3) is 5.87. The lowest BCUT2D eigenvalue weighted by Gasteiger charge is -2.18. The van der Waals surface area contributed by atoms with Crippen LogP contribution in [0.25, 0.3) is 6.08 Å². The fraction of sp³-hybridized carbons (Fsp3) is 0.273. The van der Waals surface area contributed by atoms with Gasteiger partial charge in [-0.15, -0.1) is 0 Å². The van der Waals surface area contributed by atoms with E-state index in [4.69, 9.17) is 14.2 Å². The molecule has 0 atom stereocenters. The normalized spacial score (nSPS) is 12.6. The highest BCUT2D eigenvalue weighted by Crippen LogP contribution is 2.30. The summed E-state index contributed by atoms with van der Waals surface area (Å²) in [6.07, 6.45) is 3.61. The van der Waals surface area contributed by atoms with Gasteiger partial charge >= 0.3 is 5.97 Å². The van der Waals surface area contributed by atoms with E-state index in [-0.39, 0.29) is 12.5 Å². The van der Waals surface area contributed by atoms with E-state index in [0.717, 1.165) is 28.2 Å². The first-order valence-electron chi connectivity index (χ1n) is 9.17. The Hall–Kier alpha value is -3.28. The van der Waals surface area contributed by atoms with Gasteiger partial charge in [0, 0.05) is 12.6 Å². The van der Waals surface area contributed by atoms with Gasteiger partial charge in [-0.2, -0.15) is 0 Å². The van der Waals surface area contributed by atoms with Crippen molar-refractivity contribution in [3.05, 3.63) is 65.2 Å². The van der Waals surface area contributed by atoms with Crippen molar-refractivity contribution in [3.8, 4) is 11.5 Å². The Bertz CT molecular complexity index is 858. The summed E-state index contributed by atoms with van der Waals surface area (Å²) in [6, 6.07) is 13.5. The smallest absolute Gasteiger partial charge is 0.331 e. The SMILES string of the molecule is Cc1ccc(/C=C/C(=O)OCC(=O)NCCc2ccc3c(c2)OCCO3)cc1. The zero-order chi connectivity index (χ0) is 19.8. The van der Waals surface area contributed by atoms with Crippen LogP contribution in [0.2, 0.25) is 0 Å². The van der Waals surface area contributed by atoms with E-state index in [0.29, 0.717) is 26.2 Å². The van der Waals surface area contributed by atoms with E-state index in [1.807, 2.05) is 49.4 Å². The van der Waals surface area contributed by atoms with Crippen LogP contribution in [0, 0.1) is 6.92 Å². The molecule has 1 aliphatic rings. The third-order valence-electron chi connectivity index (χ3n) is 4.18. The molecule has 0 radical (unpaired) electrons. The summed E-state index contributed by atoms with van der Waals surface area (Å²) in [6.45, 7) is 3.22. The van der Waals surface area contributed by atoms with Crippen LogP contribution in [-0.2, 0) is 20.7 Å². The van der Waals surface area contributed by atoms with Gasteiger partial charge in [-0.05, 0) is 42.7 Å². The van der Waals surface area contributed by atoms with Crippen LogP contribution in [0.15, 0.2) is 48.5 Å². The molecule has 0 aliphatic carbocycles. The van der Waals surface area contributed by atoms with Gasteiger partial charge in [0.15, 0.2) is 18.1 Å². The van der Waals surface area contributed by atoms with Gasteiger partial charge in [-0.3, -0.25) is 4.79 Å². The lowest BCUT2D eigenvalue weighted by atomic mass is 10.1. The Morgan fingerprint density at radius 1 is 1.07 bits per heavy atom. The molecule has 3 rings (SSSR count). The van der Waals surface area contributed by atoms with Crippen molar-refractivity contribution in [1.82, 2.24) is 5.32 Å². The zero-order valence-electron chi connectivity index (χ0n) is 15.8. The van der Waals surface area contributed by atoms with Crippen molar-refractivity contribution in [1.29, 1.82) is 0 Å². The monoisotopic (exact) mass is 381 g/mol. The number of rotatable bonds is 7. The topological polar surface area (TPSA) is 73.9 Å². The molecule has 2 aromatic carbocycles. The second kappa shape index (κ2) is 9.60. The van der Waals surface area contributed by atoms with Gasteiger partial charge in [-0.25, -0.2) is 4.79 Å². The molecular weight excluding hydrogens is 358 g/mol. The Morgan fingerprint density at radius 3 is 2.61 bits per heavy atom. The van der Waals surface area contributed by atoms with Gasteiger partial charge < -0.3 is 19.5 Å². The van der Waals surface area contributed by atoms with Crippen molar-refractivity contribution in [2.24, 2.45) is 0 Å². The van der Waals surface area contributed by atoms with E-state index in [1.54, 1.807) is 6.08 Å². The quantitative estimate of drug-likeness (QED) is 0.590. The number of carbonyl (C=O) groups excluding carboxylic acids is 2. The minimum Gasteiger partial charge on any atom is -0.486 e. The Balaban J connectivity index is 1.36. The highest BCUT2D eigenvalue weighted by molar-refractivity contribution is 5.89. The molecule has 6 heteroatoms. The average molecular weight is 381 g/mol. The molecule has 2 aromatic rings. The van der Waals surface area contributed by atoms with Gasteiger partial charge in [-0.1, -0.05) is 35.9 Å². The first kappa shape index (κ1) is 19.5. The van der Waals surface area contributed by atoms with Crippen molar-refractivity contribution in [3.63, 3.8) is 0 Å². The van der Waals surface area contributed by atoms with Crippen molar-refractivity contribution < 1.29 is 23.8 Å². The largest absolute Gasteiger partial charge is 0.486 e. The maximum absolute atomic E-state index is 11.8. The van der Waals surface area contributed by atoms with E-state index >= 15 is 0 Å². The predicted molar refractivity (Wildman–Crippen MR) is 105 cm³/mol. The van der Waals surface area contributed by atoms with Crippen LogP contribution in [0.5, 0.6) is 11.5 Å². The summed E-state index contributed by atoms with van der Waals surface area (Å²) in [4.78, 5) is 23.5. The summed E-state index contributed by atoms with van der Waals surface area (Å²) in [5.41, 5.74) is 3.07. The van der Waals surface area contributed by atoms with Crippen molar-refractivity contribution in [2.45, 2.75) is 13.3 Å². The van der Waals surface area contributed by atoms with Crippen LogP contribution in [0.1, 0.15) is 16.7 Å². The first-order chi connectivity index (χ1) is 13.6. The molecule has 0 unspecified atom stereocenters. The molecule has 28 heavy (non-hydrogen) atoms. The van der Waals surface area contributed by atoms with Gasteiger partial charge in [0.2, 0.25) is 0 Å². The second-order valence-corrected chi connectivity index (χ2v) is 6.43. The number of fused-ring (bicyclic) bond motifs is 1. The summed E-state index contributed by atoms with van der Waals surface area (Å²) in [7, 11) is 0. The van der Waals surface area contributed by atoms with Crippen molar-refractivity contribution >= 4 is 18.0 Å². The fourth-order valence-electron chi connectivity index (χ4n) is 2.67. The van der Waals surface area contributed by atoms with E-state index in [1.165, 1.54) is 6.08 Å². The maximum atomic E-state index is 11.8. The van der Waals surface area contributed by atoms with Crippen LogP contribution in [0.3, 0.4) is 0 Å². The number of ether oxygens (including phenoxy) is 3. The number of esters is 1. The average Bonchev–Trinajstić information content (AvgIpc) is 2.72. The fourth-order valence-corrected chi connectivity index (χ4v) is 2.67. The van der Waals surface area contributed by atoms with E-state index in [2.05, 4.69) is 5.32 Å². The van der Waals surface area contributed by atoms with Crippen LogP contribution >= 0.6 is 0 Å². The Labute approximate surface area is 164 Å². The van der Waals surface area contributed by atoms with Crippen LogP contribution in [-0.4, -0.2) is 38.2 Å². The van der Waals surface area contributed by atoms with Gasteiger partial charge in [0.1, 0.15) is 13.2 Å². The standard InChI is InChI=1S/C22H23NO5/c1-16-2-4-17(5-3-16)7-9-22(25)28-15-21(24)23-11-10-18-6-8-19-20(14-18)27-13-12-26-19/h2-9,14H,10-13,15H2,1H3,(H,23,24)/b9-7+. The summed E-state index contributed by atoms with van der Waals surface area (Å²) in [5.74, 6) is 0.575. The van der Waals surface area contributed by atoms with Gasteiger partial charge in [0.05, 0.1) is 0 Å². The molecule has 0 fully saturated rings. The number of hydrogen-bond donors (Lipinski definition) is 1. The number of nitrogens with one attached hydrogen (secondary N) is 1. The minimum atomic E-state index is -0.553. The number of carbonyl (C=O) groups is 2. The maximum Gasteiger partial charge on any atom is 0.331 e. The highest BCUT2D eigenvalue weighted by atomic mass is 16.6. The molecule has 1 aliphatic heterocycles. The number of benzene rings is 2. The third-order valence-corrected chi connectivity index (χ3v) is 4.18. The van der Waals surface area contributed by atoms with Crippen LogP contribution < -0.4 is 14.8 Å². The van der Waals surface area contributed by atoms with Gasteiger partial charge in [0.25, 0.3) is 5.91 Å². The highest BCUT2D eigenvalue weighted by Gasteiger charge is 2.11.